The second-order valence-electron chi connectivity index (χ2n) is 4.25. The van der Waals surface area contributed by atoms with Crippen LogP contribution in [0.4, 0.5) is 0 Å². The van der Waals surface area contributed by atoms with E-state index in [0.29, 0.717) is 18.2 Å². The lowest BCUT2D eigenvalue weighted by atomic mass is 9.88. The molecule has 1 atom stereocenters. The van der Waals surface area contributed by atoms with Crippen molar-refractivity contribution in [3.63, 3.8) is 0 Å². The van der Waals surface area contributed by atoms with Crippen molar-refractivity contribution < 1.29 is 4.79 Å². The van der Waals surface area contributed by atoms with Gasteiger partial charge >= 0.3 is 0 Å². The second-order valence-corrected chi connectivity index (χ2v) is 4.25. The van der Waals surface area contributed by atoms with Crippen LogP contribution in [0.25, 0.3) is 0 Å². The van der Waals surface area contributed by atoms with Gasteiger partial charge in [-0.2, -0.15) is 0 Å². The van der Waals surface area contributed by atoms with E-state index in [9.17, 15) is 4.79 Å². The van der Waals surface area contributed by atoms with Crippen molar-refractivity contribution in [1.29, 1.82) is 0 Å². The molecule has 1 aliphatic heterocycles. The van der Waals surface area contributed by atoms with Gasteiger partial charge in [-0.1, -0.05) is 0 Å². The Kier molecular flexibility index (Phi) is 2.96. The predicted octanol–water partition coefficient (Wildman–Crippen LogP) is 0.853. The zero-order valence-corrected chi connectivity index (χ0v) is 9.05. The van der Waals surface area contributed by atoms with Crippen LogP contribution in [-0.2, 0) is 4.79 Å². The number of carbonyl (C=O) groups is 1. The molecule has 1 N–H and O–H groups in total. The maximum atomic E-state index is 11.6. The minimum atomic E-state index is 0.0227. The fourth-order valence-electron chi connectivity index (χ4n) is 2.26. The Hall–Kier alpha value is -0.570. The van der Waals surface area contributed by atoms with E-state index in [-0.39, 0.29) is 5.54 Å². The van der Waals surface area contributed by atoms with E-state index in [1.807, 2.05) is 18.9 Å². The van der Waals surface area contributed by atoms with E-state index in [1.54, 1.807) is 0 Å². The van der Waals surface area contributed by atoms with Crippen LogP contribution in [-0.4, -0.2) is 36.5 Å². The molecule has 0 aromatic rings. The molecule has 0 saturated carbocycles. The fraction of sp³-hybridized carbons (Fsp3) is 0.900. The molecular weight excluding hydrogens is 164 g/mol. The summed E-state index contributed by atoms with van der Waals surface area (Å²) in [5, 5.41) is 3.15. The van der Waals surface area contributed by atoms with Crippen molar-refractivity contribution in [2.75, 3.05) is 20.1 Å². The van der Waals surface area contributed by atoms with Gasteiger partial charge in [0.15, 0.2) is 0 Å². The summed E-state index contributed by atoms with van der Waals surface area (Å²) in [4.78, 5) is 13.6. The highest BCUT2D eigenvalue weighted by Gasteiger charge is 2.44. The molecule has 1 heterocycles. The molecule has 0 aliphatic carbocycles. The number of amides is 1. The molecule has 0 radical (unpaired) electrons. The average Bonchev–Trinajstić information content (AvgIpc) is 2.23. The zero-order valence-electron chi connectivity index (χ0n) is 9.05. The minimum Gasteiger partial charge on any atom is -0.338 e. The van der Waals surface area contributed by atoms with Gasteiger partial charge in [0.2, 0.25) is 5.91 Å². The van der Waals surface area contributed by atoms with Crippen LogP contribution in [0.3, 0.4) is 0 Å². The standard InChI is InChI=1S/C10H20N2O/c1-5-12-9(13)6-8(7-11-4)10(12,2)3/h8,11H,5-7H2,1-4H3. The number of likely N-dealkylation sites (tertiary alicyclic amines) is 1. The molecule has 1 unspecified atom stereocenters. The molecule has 13 heavy (non-hydrogen) atoms. The normalized spacial score (nSPS) is 26.9. The third kappa shape index (κ3) is 1.70. The summed E-state index contributed by atoms with van der Waals surface area (Å²) in [6, 6.07) is 0. The van der Waals surface area contributed by atoms with E-state index in [0.717, 1.165) is 13.1 Å². The maximum Gasteiger partial charge on any atom is 0.223 e. The monoisotopic (exact) mass is 184 g/mol. The summed E-state index contributed by atoms with van der Waals surface area (Å²) >= 11 is 0. The van der Waals surface area contributed by atoms with Crippen LogP contribution in [0, 0.1) is 5.92 Å². The molecule has 3 nitrogen and oxygen atoms in total. The minimum absolute atomic E-state index is 0.0227. The lowest BCUT2D eigenvalue weighted by Crippen LogP contribution is -2.46. The quantitative estimate of drug-likeness (QED) is 0.705. The van der Waals surface area contributed by atoms with Crippen molar-refractivity contribution in [3.8, 4) is 0 Å². The third-order valence-electron chi connectivity index (χ3n) is 3.18. The first-order valence-corrected chi connectivity index (χ1v) is 4.99. The molecule has 0 spiro atoms. The highest BCUT2D eigenvalue weighted by atomic mass is 16.2. The van der Waals surface area contributed by atoms with E-state index in [2.05, 4.69) is 19.2 Å². The van der Waals surface area contributed by atoms with Gasteiger partial charge in [-0.25, -0.2) is 0 Å². The Labute approximate surface area is 80.5 Å². The number of hydrogen-bond donors (Lipinski definition) is 1. The summed E-state index contributed by atoms with van der Waals surface area (Å²) in [5.74, 6) is 0.748. The van der Waals surface area contributed by atoms with Crippen LogP contribution in [0.1, 0.15) is 27.2 Å². The molecule has 1 rings (SSSR count). The Morgan fingerprint density at radius 3 is 2.62 bits per heavy atom. The van der Waals surface area contributed by atoms with Crippen molar-refractivity contribution in [3.05, 3.63) is 0 Å². The number of nitrogens with one attached hydrogen (secondary N) is 1. The summed E-state index contributed by atoms with van der Waals surface area (Å²) < 4.78 is 0. The van der Waals surface area contributed by atoms with Crippen molar-refractivity contribution in [2.45, 2.75) is 32.7 Å². The Morgan fingerprint density at radius 2 is 2.23 bits per heavy atom. The number of nitrogens with zero attached hydrogens (tertiary/aromatic N) is 1. The lowest BCUT2D eigenvalue weighted by Gasteiger charge is -2.35. The Bertz CT molecular complexity index is 201. The van der Waals surface area contributed by atoms with Crippen LogP contribution in [0.15, 0.2) is 0 Å². The molecular formula is C10H20N2O. The van der Waals surface area contributed by atoms with Gasteiger partial charge in [0.25, 0.3) is 0 Å². The first-order chi connectivity index (χ1) is 6.04. The Morgan fingerprint density at radius 1 is 1.62 bits per heavy atom. The largest absolute Gasteiger partial charge is 0.338 e. The van der Waals surface area contributed by atoms with Gasteiger partial charge in [0, 0.05) is 31.0 Å². The van der Waals surface area contributed by atoms with Gasteiger partial charge in [0.05, 0.1) is 0 Å². The van der Waals surface area contributed by atoms with E-state index in [1.165, 1.54) is 0 Å². The van der Waals surface area contributed by atoms with Crippen LogP contribution in [0.5, 0.6) is 0 Å². The zero-order chi connectivity index (χ0) is 10.1. The van der Waals surface area contributed by atoms with Crippen molar-refractivity contribution in [2.24, 2.45) is 5.92 Å². The molecule has 0 aromatic heterocycles. The summed E-state index contributed by atoms with van der Waals surface area (Å²) in [5.41, 5.74) is 0.0227. The van der Waals surface area contributed by atoms with Gasteiger partial charge in [-0.3, -0.25) is 4.79 Å². The molecule has 0 bridgehead atoms. The smallest absolute Gasteiger partial charge is 0.223 e. The van der Waals surface area contributed by atoms with Crippen molar-refractivity contribution in [1.82, 2.24) is 10.2 Å². The highest BCUT2D eigenvalue weighted by molar-refractivity contribution is 5.80. The van der Waals surface area contributed by atoms with Crippen LogP contribution < -0.4 is 5.32 Å². The Balaban J connectivity index is 2.76. The number of carbonyl (C=O) groups excluding carboxylic acids is 1. The molecule has 1 saturated heterocycles. The third-order valence-corrected chi connectivity index (χ3v) is 3.18. The molecule has 1 fully saturated rings. The SMILES string of the molecule is CCN1C(=O)CC(CNC)C1(C)C. The summed E-state index contributed by atoms with van der Waals surface area (Å²) in [7, 11) is 1.94. The lowest BCUT2D eigenvalue weighted by molar-refractivity contribution is -0.130. The van der Waals surface area contributed by atoms with Gasteiger partial charge < -0.3 is 10.2 Å². The summed E-state index contributed by atoms with van der Waals surface area (Å²) in [6.07, 6.45) is 0.696. The van der Waals surface area contributed by atoms with E-state index < -0.39 is 0 Å². The van der Waals surface area contributed by atoms with Crippen LogP contribution >= 0.6 is 0 Å². The molecule has 1 amide bonds. The fourth-order valence-corrected chi connectivity index (χ4v) is 2.26. The van der Waals surface area contributed by atoms with Gasteiger partial charge in [0.1, 0.15) is 0 Å². The average molecular weight is 184 g/mol. The molecule has 3 heteroatoms. The first kappa shape index (κ1) is 10.5. The van der Waals surface area contributed by atoms with Gasteiger partial charge in [-0.05, 0) is 27.8 Å². The maximum absolute atomic E-state index is 11.6. The van der Waals surface area contributed by atoms with Crippen LogP contribution in [0.2, 0.25) is 0 Å². The number of rotatable bonds is 3. The highest BCUT2D eigenvalue weighted by Crippen LogP contribution is 2.34. The molecule has 76 valence electrons. The summed E-state index contributed by atoms with van der Waals surface area (Å²) in [6.45, 7) is 8.11. The predicted molar refractivity (Wildman–Crippen MR) is 53.5 cm³/mol. The van der Waals surface area contributed by atoms with E-state index in [4.69, 9.17) is 0 Å². The number of hydrogen-bond acceptors (Lipinski definition) is 2. The molecule has 0 aromatic carbocycles. The first-order valence-electron chi connectivity index (χ1n) is 4.99. The molecule has 1 aliphatic rings. The van der Waals surface area contributed by atoms with Gasteiger partial charge in [-0.15, -0.1) is 0 Å². The topological polar surface area (TPSA) is 32.3 Å². The van der Waals surface area contributed by atoms with Crippen molar-refractivity contribution >= 4 is 5.91 Å². The second kappa shape index (κ2) is 3.66. The van der Waals surface area contributed by atoms with E-state index >= 15 is 0 Å².